The zero-order valence-electron chi connectivity index (χ0n) is 44.5. The summed E-state index contributed by atoms with van der Waals surface area (Å²) < 4.78 is 16.9. The quantitative estimate of drug-likeness (QED) is 0.0344. The Labute approximate surface area is 406 Å². The number of hydrogen-bond donors (Lipinski definition) is 0. The van der Waals surface area contributed by atoms with E-state index in [2.05, 4.69) is 27.7 Å². The van der Waals surface area contributed by atoms with Crippen molar-refractivity contribution in [3.63, 3.8) is 0 Å². The average molecular weight is 920 g/mol. The van der Waals surface area contributed by atoms with E-state index < -0.39 is 6.10 Å². The third-order valence-electron chi connectivity index (χ3n) is 13.5. The van der Waals surface area contributed by atoms with Crippen LogP contribution in [-0.2, 0) is 28.6 Å². The molecule has 0 aromatic rings. The van der Waals surface area contributed by atoms with Gasteiger partial charge >= 0.3 is 17.9 Å². The molecule has 0 N–H and O–H groups in total. The SMILES string of the molecule is CCCCCCCCCCCCCCCCCCCCC(=O)OC[C@@H](COC(=O)CCCCCCCCCCCCCCCC)OC(=O)CCCCCCCCCCCCCCC(C)C. The molecule has 1 atom stereocenters. The van der Waals surface area contributed by atoms with Crippen LogP contribution in [0.25, 0.3) is 0 Å². The van der Waals surface area contributed by atoms with Crippen LogP contribution in [-0.4, -0.2) is 37.2 Å². The fourth-order valence-electron chi connectivity index (χ4n) is 9.10. The molecule has 0 fully saturated rings. The third kappa shape index (κ3) is 53.2. The van der Waals surface area contributed by atoms with Crippen LogP contribution in [0, 0.1) is 5.92 Å². The Morgan fingerprint density at radius 2 is 0.508 bits per heavy atom. The summed E-state index contributed by atoms with van der Waals surface area (Å²) in [6.45, 7) is 9.06. The molecule has 0 aliphatic carbocycles. The molecule has 0 radical (unpaired) electrons. The van der Waals surface area contributed by atoms with E-state index in [1.165, 1.54) is 231 Å². The van der Waals surface area contributed by atoms with Crippen LogP contribution in [0.3, 0.4) is 0 Å². The number of ether oxygens (including phenoxy) is 3. The second-order valence-electron chi connectivity index (χ2n) is 20.8. The molecule has 65 heavy (non-hydrogen) atoms. The minimum atomic E-state index is -0.762. The molecule has 0 aromatic heterocycles. The van der Waals surface area contributed by atoms with Gasteiger partial charge in [-0.05, 0) is 25.2 Å². The summed E-state index contributed by atoms with van der Waals surface area (Å²) in [6.07, 6.45) is 58.1. The summed E-state index contributed by atoms with van der Waals surface area (Å²) in [5.41, 5.74) is 0. The minimum absolute atomic E-state index is 0.0618. The summed E-state index contributed by atoms with van der Waals surface area (Å²) in [7, 11) is 0. The van der Waals surface area contributed by atoms with E-state index in [-0.39, 0.29) is 31.1 Å². The number of rotatable bonds is 54. The average Bonchev–Trinajstić information content (AvgIpc) is 3.29. The predicted molar refractivity (Wildman–Crippen MR) is 280 cm³/mol. The molecule has 0 amide bonds. The minimum Gasteiger partial charge on any atom is -0.462 e. The summed E-state index contributed by atoms with van der Waals surface area (Å²) in [5.74, 6) is -0.00228. The van der Waals surface area contributed by atoms with Gasteiger partial charge in [-0.25, -0.2) is 0 Å². The second kappa shape index (κ2) is 53.4. The third-order valence-corrected chi connectivity index (χ3v) is 13.5. The van der Waals surface area contributed by atoms with Crippen molar-refractivity contribution in [2.24, 2.45) is 5.92 Å². The van der Waals surface area contributed by atoms with Gasteiger partial charge in [0.05, 0.1) is 0 Å². The summed E-state index contributed by atoms with van der Waals surface area (Å²) in [5, 5.41) is 0. The maximum Gasteiger partial charge on any atom is 0.306 e. The zero-order valence-corrected chi connectivity index (χ0v) is 44.5. The van der Waals surface area contributed by atoms with E-state index in [1.807, 2.05) is 0 Å². The van der Waals surface area contributed by atoms with Gasteiger partial charge in [0.1, 0.15) is 13.2 Å². The summed E-state index contributed by atoms with van der Waals surface area (Å²) in [6, 6.07) is 0. The first-order chi connectivity index (χ1) is 31.9. The van der Waals surface area contributed by atoms with Crippen molar-refractivity contribution in [1.29, 1.82) is 0 Å². The fraction of sp³-hybridized carbons (Fsp3) is 0.949. The van der Waals surface area contributed by atoms with Crippen molar-refractivity contribution < 1.29 is 28.6 Å². The highest BCUT2D eigenvalue weighted by Crippen LogP contribution is 2.18. The zero-order chi connectivity index (χ0) is 47.4. The van der Waals surface area contributed by atoms with Crippen LogP contribution >= 0.6 is 0 Å². The molecule has 386 valence electrons. The molecule has 6 nitrogen and oxygen atoms in total. The molecule has 0 saturated heterocycles. The largest absolute Gasteiger partial charge is 0.462 e. The first-order valence-electron chi connectivity index (χ1n) is 29.4. The maximum absolute atomic E-state index is 12.8. The molecule has 0 spiro atoms. The molecule has 0 aromatic carbocycles. The van der Waals surface area contributed by atoms with Crippen LogP contribution in [0.15, 0.2) is 0 Å². The summed E-state index contributed by atoms with van der Waals surface area (Å²) in [4.78, 5) is 38.1. The Hall–Kier alpha value is -1.59. The van der Waals surface area contributed by atoms with E-state index >= 15 is 0 Å². The molecular formula is C59H114O6. The van der Waals surface area contributed by atoms with Crippen molar-refractivity contribution in [3.05, 3.63) is 0 Å². The number of esters is 3. The second-order valence-corrected chi connectivity index (χ2v) is 20.8. The normalized spacial score (nSPS) is 12.0. The Kier molecular flexibility index (Phi) is 52.1. The van der Waals surface area contributed by atoms with E-state index in [0.717, 1.165) is 63.7 Å². The number of carbonyl (C=O) groups excluding carboxylic acids is 3. The lowest BCUT2D eigenvalue weighted by Crippen LogP contribution is -2.30. The highest BCUT2D eigenvalue weighted by Gasteiger charge is 2.19. The van der Waals surface area contributed by atoms with Crippen molar-refractivity contribution in [3.8, 4) is 0 Å². The van der Waals surface area contributed by atoms with Crippen LogP contribution in [0.4, 0.5) is 0 Å². The predicted octanol–water partition coefficient (Wildman–Crippen LogP) is 19.4. The van der Waals surface area contributed by atoms with Crippen molar-refractivity contribution in [2.45, 2.75) is 342 Å². The van der Waals surface area contributed by atoms with Crippen LogP contribution < -0.4 is 0 Å². The smallest absolute Gasteiger partial charge is 0.306 e. The number of unbranched alkanes of at least 4 members (excludes halogenated alkanes) is 41. The molecule has 0 bridgehead atoms. The maximum atomic E-state index is 12.8. The van der Waals surface area contributed by atoms with Gasteiger partial charge in [0.15, 0.2) is 6.10 Å². The van der Waals surface area contributed by atoms with Gasteiger partial charge in [-0.15, -0.1) is 0 Å². The Bertz CT molecular complexity index is 980. The Morgan fingerprint density at radius 1 is 0.292 bits per heavy atom. The van der Waals surface area contributed by atoms with Crippen molar-refractivity contribution >= 4 is 17.9 Å². The number of hydrogen-bond acceptors (Lipinski definition) is 6. The lowest BCUT2D eigenvalue weighted by Gasteiger charge is -2.18. The van der Waals surface area contributed by atoms with E-state index in [4.69, 9.17) is 14.2 Å². The molecule has 0 unspecified atom stereocenters. The molecule has 0 aliphatic rings. The first kappa shape index (κ1) is 63.4. The Morgan fingerprint density at radius 3 is 0.754 bits per heavy atom. The molecule has 0 heterocycles. The fourth-order valence-corrected chi connectivity index (χ4v) is 9.10. The highest BCUT2D eigenvalue weighted by atomic mass is 16.6. The molecule has 6 heteroatoms. The van der Waals surface area contributed by atoms with Crippen LogP contribution in [0.2, 0.25) is 0 Å². The van der Waals surface area contributed by atoms with Gasteiger partial charge in [-0.1, -0.05) is 297 Å². The van der Waals surface area contributed by atoms with Gasteiger partial charge < -0.3 is 14.2 Å². The number of carbonyl (C=O) groups is 3. The van der Waals surface area contributed by atoms with Crippen molar-refractivity contribution in [1.82, 2.24) is 0 Å². The van der Waals surface area contributed by atoms with E-state index in [0.29, 0.717) is 19.3 Å². The lowest BCUT2D eigenvalue weighted by molar-refractivity contribution is -0.167. The standard InChI is InChI=1S/C59H114O6/c1-5-7-9-11-13-15-17-19-21-22-23-24-26-31-35-39-43-47-51-58(61)64-54-56(53-63-57(60)50-46-42-38-34-30-25-20-18-16-14-12-10-8-6-2)65-59(62)52-48-44-40-36-32-28-27-29-33-37-41-45-49-55(3)4/h55-56H,5-54H2,1-4H3/t56-/m1/s1. The van der Waals surface area contributed by atoms with Gasteiger partial charge in [-0.3, -0.25) is 14.4 Å². The first-order valence-corrected chi connectivity index (χ1v) is 29.4. The van der Waals surface area contributed by atoms with Crippen LogP contribution in [0.1, 0.15) is 336 Å². The molecule has 0 rings (SSSR count). The van der Waals surface area contributed by atoms with Gasteiger partial charge in [0.2, 0.25) is 0 Å². The topological polar surface area (TPSA) is 78.9 Å². The Balaban J connectivity index is 4.28. The van der Waals surface area contributed by atoms with E-state index in [9.17, 15) is 14.4 Å². The lowest BCUT2D eigenvalue weighted by atomic mass is 10.0. The summed E-state index contributed by atoms with van der Waals surface area (Å²) >= 11 is 0. The monoisotopic (exact) mass is 919 g/mol. The molecule has 0 aliphatic heterocycles. The van der Waals surface area contributed by atoms with Crippen molar-refractivity contribution in [2.75, 3.05) is 13.2 Å². The van der Waals surface area contributed by atoms with Crippen LogP contribution in [0.5, 0.6) is 0 Å². The highest BCUT2D eigenvalue weighted by molar-refractivity contribution is 5.71. The van der Waals surface area contributed by atoms with E-state index in [1.54, 1.807) is 0 Å². The molecular weight excluding hydrogens is 805 g/mol. The molecule has 0 saturated carbocycles. The van der Waals surface area contributed by atoms with Gasteiger partial charge in [-0.2, -0.15) is 0 Å². The van der Waals surface area contributed by atoms with Gasteiger partial charge in [0.25, 0.3) is 0 Å². The van der Waals surface area contributed by atoms with Gasteiger partial charge in [0, 0.05) is 19.3 Å².